The number of aromatic nitrogens is 5. The van der Waals surface area contributed by atoms with E-state index in [0.29, 0.717) is 37.6 Å². The Balaban J connectivity index is 1.47. The van der Waals surface area contributed by atoms with Crippen molar-refractivity contribution in [1.82, 2.24) is 24.3 Å². The molecule has 0 amide bonds. The molecule has 0 spiro atoms. The van der Waals surface area contributed by atoms with Crippen molar-refractivity contribution < 1.29 is 14.2 Å². The fourth-order valence-corrected chi connectivity index (χ4v) is 3.80. The van der Waals surface area contributed by atoms with E-state index in [-0.39, 0.29) is 12.1 Å². The number of rotatable bonds is 5. The first-order valence-electron chi connectivity index (χ1n) is 9.56. The summed E-state index contributed by atoms with van der Waals surface area (Å²) in [6.45, 7) is 6.99. The molecule has 2 atom stereocenters. The zero-order valence-corrected chi connectivity index (χ0v) is 16.3. The highest BCUT2D eigenvalue weighted by atomic mass is 16.6. The van der Waals surface area contributed by atoms with Gasteiger partial charge in [0.1, 0.15) is 17.4 Å². The summed E-state index contributed by atoms with van der Waals surface area (Å²) in [5, 5.41) is 8.67. The minimum absolute atomic E-state index is 0.0441. The van der Waals surface area contributed by atoms with Crippen LogP contribution in [0.25, 0.3) is 11.0 Å². The summed E-state index contributed by atoms with van der Waals surface area (Å²) >= 11 is 0. The molecule has 2 saturated heterocycles. The predicted octanol–water partition coefficient (Wildman–Crippen LogP) is 2.20. The maximum atomic E-state index is 5.89. The number of hydrogen-bond donors (Lipinski definition) is 1. The molecule has 5 rings (SSSR count). The van der Waals surface area contributed by atoms with Crippen LogP contribution in [0.1, 0.15) is 18.7 Å². The van der Waals surface area contributed by atoms with E-state index < -0.39 is 0 Å². The van der Waals surface area contributed by atoms with E-state index in [0.717, 1.165) is 23.3 Å². The zero-order valence-electron chi connectivity index (χ0n) is 16.3. The van der Waals surface area contributed by atoms with Crippen LogP contribution in [0.4, 0.5) is 11.6 Å². The Hall–Kier alpha value is -2.65. The fourth-order valence-electron chi connectivity index (χ4n) is 3.80. The summed E-state index contributed by atoms with van der Waals surface area (Å²) in [6, 6.07) is 2.41. The van der Waals surface area contributed by atoms with Gasteiger partial charge in [-0.3, -0.25) is 4.68 Å². The molecule has 2 aliphatic heterocycles. The van der Waals surface area contributed by atoms with Gasteiger partial charge in [0.25, 0.3) is 5.88 Å². The summed E-state index contributed by atoms with van der Waals surface area (Å²) < 4.78 is 20.7. The average Bonchev–Trinajstić information content (AvgIpc) is 3.28. The highest BCUT2D eigenvalue weighted by Crippen LogP contribution is 2.32. The maximum absolute atomic E-state index is 5.89. The maximum Gasteiger partial charge on any atom is 0.257 e. The largest absolute Gasteiger partial charge is 0.467 e. The fraction of sp³-hybridized carbons (Fsp3) is 0.526. The van der Waals surface area contributed by atoms with Gasteiger partial charge in [-0.25, -0.2) is 4.98 Å². The first-order chi connectivity index (χ1) is 13.6. The first kappa shape index (κ1) is 17.4. The van der Waals surface area contributed by atoms with Crippen LogP contribution in [-0.4, -0.2) is 56.8 Å². The van der Waals surface area contributed by atoms with Crippen LogP contribution < -0.4 is 10.1 Å². The molecule has 0 radical (unpaired) electrons. The molecule has 2 fully saturated rings. The van der Waals surface area contributed by atoms with Gasteiger partial charge in [-0.15, -0.1) is 5.10 Å². The molecular formula is C19H24N6O3. The Kier molecular flexibility index (Phi) is 4.21. The molecule has 5 heterocycles. The number of nitrogens with zero attached hydrogens (tertiary/aromatic N) is 5. The Morgan fingerprint density at radius 2 is 2.04 bits per heavy atom. The molecule has 0 bridgehead atoms. The van der Waals surface area contributed by atoms with Crippen LogP contribution in [-0.2, 0) is 16.5 Å². The quantitative estimate of drug-likeness (QED) is 0.721. The third-order valence-corrected chi connectivity index (χ3v) is 5.35. The summed E-state index contributed by atoms with van der Waals surface area (Å²) in [7, 11) is 1.86. The van der Waals surface area contributed by atoms with Crippen molar-refractivity contribution in [3.8, 4) is 5.88 Å². The van der Waals surface area contributed by atoms with Crippen molar-refractivity contribution in [2.45, 2.75) is 26.0 Å². The van der Waals surface area contributed by atoms with Gasteiger partial charge in [-0.2, -0.15) is 4.98 Å². The summed E-state index contributed by atoms with van der Waals surface area (Å²) in [5.74, 6) is 1.49. The normalized spacial score (nSPS) is 22.5. The molecule has 3 aromatic heterocycles. The Labute approximate surface area is 162 Å². The average molecular weight is 384 g/mol. The van der Waals surface area contributed by atoms with Crippen LogP contribution in [0.5, 0.6) is 5.88 Å². The molecule has 0 unspecified atom stereocenters. The van der Waals surface area contributed by atoms with Gasteiger partial charge in [0, 0.05) is 30.2 Å². The first-order valence-corrected chi connectivity index (χ1v) is 9.56. The Morgan fingerprint density at radius 3 is 2.75 bits per heavy atom. The molecule has 9 nitrogen and oxygen atoms in total. The van der Waals surface area contributed by atoms with Crippen LogP contribution >= 0.6 is 0 Å². The van der Waals surface area contributed by atoms with Crippen molar-refractivity contribution in [3.05, 3.63) is 24.2 Å². The summed E-state index contributed by atoms with van der Waals surface area (Å²) in [4.78, 5) is 9.28. The monoisotopic (exact) mass is 384 g/mol. The van der Waals surface area contributed by atoms with E-state index in [1.54, 1.807) is 4.68 Å². The lowest BCUT2D eigenvalue weighted by atomic mass is 10.1. The number of aryl methyl sites for hydroxylation is 2. The van der Waals surface area contributed by atoms with E-state index in [1.165, 1.54) is 5.69 Å². The van der Waals surface area contributed by atoms with Crippen molar-refractivity contribution in [2.75, 3.05) is 31.7 Å². The van der Waals surface area contributed by atoms with Gasteiger partial charge >= 0.3 is 0 Å². The van der Waals surface area contributed by atoms with Gasteiger partial charge in [-0.05, 0) is 13.0 Å². The molecule has 9 heteroatoms. The van der Waals surface area contributed by atoms with E-state index >= 15 is 0 Å². The molecule has 28 heavy (non-hydrogen) atoms. The van der Waals surface area contributed by atoms with Crippen molar-refractivity contribution >= 4 is 22.7 Å². The van der Waals surface area contributed by atoms with Crippen molar-refractivity contribution in [2.24, 2.45) is 13.0 Å². The van der Waals surface area contributed by atoms with Crippen LogP contribution in [0.3, 0.4) is 0 Å². The van der Waals surface area contributed by atoms with Gasteiger partial charge < -0.3 is 24.1 Å². The predicted molar refractivity (Wildman–Crippen MR) is 103 cm³/mol. The minimum atomic E-state index is 0.0441. The van der Waals surface area contributed by atoms with Gasteiger partial charge in [0.2, 0.25) is 5.95 Å². The number of anilines is 2. The SMILES string of the molecule is Cc1cc2cnc(Nc3cn(C)nc3OC3COC3)nc2n1[C@H]1COC[C@@H]1C. The molecule has 0 aliphatic carbocycles. The zero-order chi connectivity index (χ0) is 19.3. The van der Waals surface area contributed by atoms with E-state index in [2.05, 4.69) is 39.9 Å². The highest BCUT2D eigenvalue weighted by molar-refractivity contribution is 5.78. The molecular weight excluding hydrogens is 360 g/mol. The molecule has 1 N–H and O–H groups in total. The van der Waals surface area contributed by atoms with Gasteiger partial charge in [0.15, 0.2) is 0 Å². The number of ether oxygens (including phenoxy) is 3. The highest BCUT2D eigenvalue weighted by Gasteiger charge is 2.29. The molecule has 2 aliphatic rings. The summed E-state index contributed by atoms with van der Waals surface area (Å²) in [5.41, 5.74) is 2.82. The van der Waals surface area contributed by atoms with Crippen molar-refractivity contribution in [3.63, 3.8) is 0 Å². The second-order valence-electron chi connectivity index (χ2n) is 7.63. The standard InChI is InChI=1S/C19H24N6O3/c1-11-7-26-10-16(11)25-12(2)4-13-5-20-19(22-17(13)25)21-15-6-24(3)23-18(15)28-14-8-27-9-14/h4-6,11,14,16H,7-10H2,1-3H3,(H,20,21,22)/t11-,16-/m0/s1. The smallest absolute Gasteiger partial charge is 0.257 e. The summed E-state index contributed by atoms with van der Waals surface area (Å²) in [6.07, 6.45) is 3.76. The second kappa shape index (κ2) is 6.75. The second-order valence-corrected chi connectivity index (χ2v) is 7.63. The number of fused-ring (bicyclic) bond motifs is 1. The van der Waals surface area contributed by atoms with Crippen LogP contribution in [0.15, 0.2) is 18.5 Å². The third-order valence-electron chi connectivity index (χ3n) is 5.35. The van der Waals surface area contributed by atoms with E-state index in [9.17, 15) is 0 Å². The Bertz CT molecular complexity index is 1010. The lowest BCUT2D eigenvalue weighted by Crippen LogP contribution is -2.38. The third kappa shape index (κ3) is 3.00. The Morgan fingerprint density at radius 1 is 1.21 bits per heavy atom. The molecule has 148 valence electrons. The van der Waals surface area contributed by atoms with Crippen molar-refractivity contribution in [1.29, 1.82) is 0 Å². The molecule has 3 aromatic rings. The topological polar surface area (TPSA) is 88.3 Å². The molecule has 0 saturated carbocycles. The lowest BCUT2D eigenvalue weighted by Gasteiger charge is -2.25. The van der Waals surface area contributed by atoms with E-state index in [4.69, 9.17) is 19.2 Å². The van der Waals surface area contributed by atoms with Crippen LogP contribution in [0, 0.1) is 12.8 Å². The number of hydrogen-bond acceptors (Lipinski definition) is 7. The molecule has 0 aromatic carbocycles. The number of nitrogens with one attached hydrogen (secondary N) is 1. The van der Waals surface area contributed by atoms with Crippen LogP contribution in [0.2, 0.25) is 0 Å². The van der Waals surface area contributed by atoms with Gasteiger partial charge in [0.05, 0.1) is 38.7 Å². The minimum Gasteiger partial charge on any atom is -0.467 e. The van der Waals surface area contributed by atoms with E-state index in [1.807, 2.05) is 19.4 Å². The lowest BCUT2D eigenvalue weighted by molar-refractivity contribution is -0.0812. The van der Waals surface area contributed by atoms with Gasteiger partial charge in [-0.1, -0.05) is 6.92 Å².